The number of aryl methyl sites for hydroxylation is 1. The molecular formula is C24H20BrN3O6S2. The fourth-order valence-corrected chi connectivity index (χ4v) is 5.97. The third-order valence-corrected chi connectivity index (χ3v) is 8.14. The first kappa shape index (κ1) is 25.9. The van der Waals surface area contributed by atoms with E-state index in [1.54, 1.807) is 37.3 Å². The highest BCUT2D eigenvalue weighted by Gasteiger charge is 2.26. The van der Waals surface area contributed by atoms with E-state index in [0.29, 0.717) is 21.1 Å². The number of rotatable bonds is 6. The average Bonchev–Trinajstić information content (AvgIpc) is 2.81. The van der Waals surface area contributed by atoms with Crippen LogP contribution >= 0.6 is 15.9 Å². The van der Waals surface area contributed by atoms with Gasteiger partial charge in [0.2, 0.25) is 0 Å². The van der Waals surface area contributed by atoms with Crippen LogP contribution in [0.3, 0.4) is 0 Å². The van der Waals surface area contributed by atoms with E-state index in [1.165, 1.54) is 30.5 Å². The number of hydrogen-bond donors (Lipinski definition) is 2. The van der Waals surface area contributed by atoms with Crippen molar-refractivity contribution in [3.63, 3.8) is 0 Å². The van der Waals surface area contributed by atoms with Crippen molar-refractivity contribution in [3.8, 4) is 11.1 Å². The van der Waals surface area contributed by atoms with E-state index >= 15 is 0 Å². The molecule has 186 valence electrons. The molecule has 0 saturated carbocycles. The molecule has 2 aromatic carbocycles. The van der Waals surface area contributed by atoms with Crippen LogP contribution in [0.4, 0.5) is 0 Å². The number of aromatic nitrogens is 2. The van der Waals surface area contributed by atoms with Crippen LogP contribution in [-0.4, -0.2) is 43.5 Å². The van der Waals surface area contributed by atoms with E-state index < -0.39 is 30.8 Å². The Morgan fingerprint density at radius 1 is 1.03 bits per heavy atom. The van der Waals surface area contributed by atoms with E-state index in [9.17, 15) is 26.2 Å². The Hall–Kier alpha value is -3.19. The molecule has 4 rings (SSSR count). The minimum Gasteiger partial charge on any atom is -0.347 e. The lowest BCUT2D eigenvalue weighted by atomic mass is 9.98. The zero-order valence-electron chi connectivity index (χ0n) is 19.1. The molecule has 0 fully saturated rings. The van der Waals surface area contributed by atoms with Gasteiger partial charge < -0.3 is 5.32 Å². The summed E-state index contributed by atoms with van der Waals surface area (Å²) in [4.78, 5) is 21.9. The van der Waals surface area contributed by atoms with Gasteiger partial charge in [-0.2, -0.15) is 8.42 Å². The van der Waals surface area contributed by atoms with Crippen LogP contribution < -0.4 is 5.32 Å². The lowest BCUT2D eigenvalue weighted by Gasteiger charge is -2.16. The Morgan fingerprint density at radius 2 is 1.75 bits per heavy atom. The van der Waals surface area contributed by atoms with Gasteiger partial charge in [-0.15, -0.1) is 0 Å². The number of benzene rings is 2. The number of sulfone groups is 1. The fourth-order valence-electron chi connectivity index (χ4n) is 3.85. The van der Waals surface area contributed by atoms with E-state index in [0.717, 1.165) is 6.26 Å². The molecular weight excluding hydrogens is 570 g/mol. The van der Waals surface area contributed by atoms with Gasteiger partial charge in [0.1, 0.15) is 15.2 Å². The highest BCUT2D eigenvalue weighted by atomic mass is 79.9. The molecule has 12 heteroatoms. The third kappa shape index (κ3) is 5.16. The lowest BCUT2D eigenvalue weighted by molar-refractivity contribution is 0.0946. The van der Waals surface area contributed by atoms with Gasteiger partial charge in [-0.3, -0.25) is 14.3 Å². The number of pyridine rings is 2. The van der Waals surface area contributed by atoms with Gasteiger partial charge in [0.05, 0.1) is 10.4 Å². The van der Waals surface area contributed by atoms with Gasteiger partial charge in [0.15, 0.2) is 9.84 Å². The zero-order chi connectivity index (χ0) is 26.3. The van der Waals surface area contributed by atoms with Crippen molar-refractivity contribution in [2.24, 2.45) is 0 Å². The molecule has 2 N–H and O–H groups in total. The molecule has 0 spiro atoms. The van der Waals surface area contributed by atoms with Gasteiger partial charge in [-0.05, 0) is 58.7 Å². The molecule has 2 aromatic heterocycles. The van der Waals surface area contributed by atoms with Crippen molar-refractivity contribution >= 4 is 52.7 Å². The lowest BCUT2D eigenvalue weighted by Crippen LogP contribution is -2.26. The van der Waals surface area contributed by atoms with E-state index in [-0.39, 0.29) is 33.8 Å². The number of hydrogen-bond acceptors (Lipinski definition) is 7. The summed E-state index contributed by atoms with van der Waals surface area (Å²) in [5.74, 6) is -0.690. The number of nitrogens with zero attached hydrogens (tertiary/aromatic N) is 2. The van der Waals surface area contributed by atoms with Crippen LogP contribution in [0.1, 0.15) is 21.6 Å². The number of amides is 1. The van der Waals surface area contributed by atoms with Gasteiger partial charge >= 0.3 is 0 Å². The van der Waals surface area contributed by atoms with Gasteiger partial charge in [0.25, 0.3) is 16.0 Å². The van der Waals surface area contributed by atoms with Crippen molar-refractivity contribution in [3.05, 3.63) is 82.2 Å². The normalized spacial score (nSPS) is 12.0. The maximum absolute atomic E-state index is 13.4. The second-order valence-corrected chi connectivity index (χ2v) is 12.2. The molecule has 36 heavy (non-hydrogen) atoms. The molecule has 1 amide bonds. The van der Waals surface area contributed by atoms with Crippen LogP contribution in [0.15, 0.2) is 75.2 Å². The van der Waals surface area contributed by atoms with Crippen molar-refractivity contribution in [2.45, 2.75) is 23.3 Å². The van der Waals surface area contributed by atoms with Gasteiger partial charge in [-0.25, -0.2) is 13.4 Å². The summed E-state index contributed by atoms with van der Waals surface area (Å²) < 4.78 is 58.9. The molecule has 0 aliphatic rings. The molecule has 4 aromatic rings. The highest BCUT2D eigenvalue weighted by Crippen LogP contribution is 2.37. The minimum absolute atomic E-state index is 0.0582. The average molecular weight is 590 g/mol. The second-order valence-electron chi connectivity index (χ2n) is 8.06. The Morgan fingerprint density at radius 3 is 2.44 bits per heavy atom. The van der Waals surface area contributed by atoms with Crippen LogP contribution in [0.5, 0.6) is 0 Å². The van der Waals surface area contributed by atoms with Gasteiger partial charge in [0, 0.05) is 35.5 Å². The van der Waals surface area contributed by atoms with Crippen LogP contribution in [0.2, 0.25) is 0 Å². The molecule has 0 saturated heterocycles. The summed E-state index contributed by atoms with van der Waals surface area (Å²) in [6, 6.07) is 13.9. The standard InChI is InChI=1S/C24H20BrN3O6S2/c1-14-9-10-19(36(32,33)34)17(12-14)20-21-16(7-5-11-26-21)23(25)28-22(20)24(29)27-13-15-6-3-4-8-18(15)35(2,30)31/h3-12H,13H2,1-2H3,(H,27,29)(H,32,33,34). The topological polar surface area (TPSA) is 143 Å². The summed E-state index contributed by atoms with van der Waals surface area (Å²) in [6.45, 7) is 1.61. The number of carbonyl (C=O) groups excluding carboxylic acids is 1. The minimum atomic E-state index is -4.66. The molecule has 0 bridgehead atoms. The molecule has 0 atom stereocenters. The second kappa shape index (κ2) is 9.69. The summed E-state index contributed by atoms with van der Waals surface area (Å²) in [5, 5.41) is 3.20. The molecule has 0 radical (unpaired) electrons. The number of halogens is 1. The third-order valence-electron chi connectivity index (χ3n) is 5.42. The smallest absolute Gasteiger partial charge is 0.295 e. The summed E-state index contributed by atoms with van der Waals surface area (Å²) in [7, 11) is -8.20. The summed E-state index contributed by atoms with van der Waals surface area (Å²) in [6.07, 6.45) is 2.57. The van der Waals surface area contributed by atoms with Crippen molar-refractivity contribution in [1.82, 2.24) is 15.3 Å². The van der Waals surface area contributed by atoms with Crippen LogP contribution in [0, 0.1) is 6.92 Å². The van der Waals surface area contributed by atoms with Crippen molar-refractivity contribution in [1.29, 1.82) is 0 Å². The molecule has 0 aliphatic carbocycles. The molecule has 9 nitrogen and oxygen atoms in total. The first-order valence-corrected chi connectivity index (χ1v) is 14.6. The van der Waals surface area contributed by atoms with Gasteiger partial charge in [-0.1, -0.05) is 29.8 Å². The first-order chi connectivity index (χ1) is 16.9. The van der Waals surface area contributed by atoms with Crippen LogP contribution in [-0.2, 0) is 26.5 Å². The number of nitrogens with one attached hydrogen (secondary N) is 1. The Balaban J connectivity index is 1.91. The van der Waals surface area contributed by atoms with Crippen LogP contribution in [0.25, 0.3) is 22.0 Å². The summed E-state index contributed by atoms with van der Waals surface area (Å²) >= 11 is 3.35. The molecule has 0 aliphatic heterocycles. The first-order valence-electron chi connectivity index (χ1n) is 10.5. The predicted octanol–water partition coefficient (Wildman–Crippen LogP) is 3.95. The fraction of sp³-hybridized carbons (Fsp3) is 0.125. The Labute approximate surface area is 216 Å². The quantitative estimate of drug-likeness (QED) is 0.254. The maximum Gasteiger partial charge on any atom is 0.295 e. The van der Waals surface area contributed by atoms with E-state index in [4.69, 9.17) is 0 Å². The number of fused-ring (bicyclic) bond motifs is 1. The molecule has 2 heterocycles. The van der Waals surface area contributed by atoms with Crippen molar-refractivity contribution in [2.75, 3.05) is 6.26 Å². The molecule has 0 unspecified atom stereocenters. The highest BCUT2D eigenvalue weighted by molar-refractivity contribution is 9.10. The SMILES string of the molecule is Cc1ccc(S(=O)(=O)O)c(-c2c(C(=O)NCc3ccccc3S(C)(=O)=O)nc(Br)c3cccnc23)c1. The predicted molar refractivity (Wildman–Crippen MR) is 138 cm³/mol. The Kier molecular flexibility index (Phi) is 6.97. The maximum atomic E-state index is 13.4. The number of carbonyl (C=O) groups is 1. The monoisotopic (exact) mass is 589 g/mol. The Bertz CT molecular complexity index is 1740. The largest absolute Gasteiger partial charge is 0.347 e. The van der Waals surface area contributed by atoms with E-state index in [1.807, 2.05) is 0 Å². The zero-order valence-corrected chi connectivity index (χ0v) is 22.3. The van der Waals surface area contributed by atoms with Crippen molar-refractivity contribution < 1.29 is 26.2 Å². The summed E-state index contributed by atoms with van der Waals surface area (Å²) in [5.41, 5.74) is 1.36. The van der Waals surface area contributed by atoms with E-state index in [2.05, 4.69) is 31.2 Å².